The number of hydrogen-bond donors (Lipinski definition) is 1. The standard InChI is InChI=1S/C10H10F3N5S/c1-18(3-6-4-19-5-15-6)8-2-7(10(11,12)13)16-9(14)17-8/h2,4-5H,3H2,1H3,(H2,14,16,17). The van der Waals surface area contributed by atoms with Crippen LogP contribution in [0.25, 0.3) is 0 Å². The van der Waals surface area contributed by atoms with Crippen LogP contribution in [0.5, 0.6) is 0 Å². The Kier molecular flexibility index (Phi) is 3.56. The summed E-state index contributed by atoms with van der Waals surface area (Å²) in [7, 11) is 1.61. The molecule has 0 saturated heterocycles. The number of rotatable bonds is 3. The highest BCUT2D eigenvalue weighted by molar-refractivity contribution is 7.07. The molecule has 0 aliphatic heterocycles. The van der Waals surface area contributed by atoms with Crippen molar-refractivity contribution in [2.45, 2.75) is 12.7 Å². The number of aromatic nitrogens is 3. The molecule has 0 radical (unpaired) electrons. The second-order valence-electron chi connectivity index (χ2n) is 3.80. The molecule has 0 spiro atoms. The molecule has 0 atom stereocenters. The van der Waals surface area contributed by atoms with E-state index in [9.17, 15) is 13.2 Å². The van der Waals surface area contributed by atoms with Gasteiger partial charge in [0.05, 0.1) is 17.7 Å². The lowest BCUT2D eigenvalue weighted by Gasteiger charge is -2.18. The molecule has 0 fully saturated rings. The summed E-state index contributed by atoms with van der Waals surface area (Å²) in [5, 5.41) is 1.81. The lowest BCUT2D eigenvalue weighted by molar-refractivity contribution is -0.141. The van der Waals surface area contributed by atoms with E-state index >= 15 is 0 Å². The predicted molar refractivity (Wildman–Crippen MR) is 65.7 cm³/mol. The minimum atomic E-state index is -4.55. The van der Waals surface area contributed by atoms with Crippen molar-refractivity contribution in [1.29, 1.82) is 0 Å². The Morgan fingerprint density at radius 2 is 2.11 bits per heavy atom. The van der Waals surface area contributed by atoms with E-state index < -0.39 is 17.8 Å². The maximum absolute atomic E-state index is 12.6. The van der Waals surface area contributed by atoms with Gasteiger partial charge < -0.3 is 10.6 Å². The molecule has 2 N–H and O–H groups in total. The van der Waals surface area contributed by atoms with Gasteiger partial charge in [-0.3, -0.25) is 0 Å². The highest BCUT2D eigenvalue weighted by Gasteiger charge is 2.33. The fourth-order valence-electron chi connectivity index (χ4n) is 1.43. The first-order chi connectivity index (χ1) is 8.86. The zero-order valence-electron chi connectivity index (χ0n) is 9.85. The first kappa shape index (κ1) is 13.5. The van der Waals surface area contributed by atoms with Gasteiger partial charge in [0, 0.05) is 18.5 Å². The average Bonchev–Trinajstić information content (AvgIpc) is 2.79. The minimum Gasteiger partial charge on any atom is -0.368 e. The Morgan fingerprint density at radius 1 is 1.37 bits per heavy atom. The summed E-state index contributed by atoms with van der Waals surface area (Å²) in [4.78, 5) is 12.6. The van der Waals surface area contributed by atoms with Gasteiger partial charge in [0.25, 0.3) is 0 Å². The maximum atomic E-state index is 12.6. The van der Waals surface area contributed by atoms with Gasteiger partial charge in [0.1, 0.15) is 5.82 Å². The maximum Gasteiger partial charge on any atom is 0.433 e. The molecule has 19 heavy (non-hydrogen) atoms. The molecule has 0 amide bonds. The Morgan fingerprint density at radius 3 is 2.68 bits per heavy atom. The van der Waals surface area contributed by atoms with E-state index in [0.717, 1.165) is 11.8 Å². The summed E-state index contributed by atoms with van der Waals surface area (Å²) >= 11 is 1.41. The van der Waals surface area contributed by atoms with Crippen LogP contribution in [0.4, 0.5) is 24.9 Å². The molecule has 102 valence electrons. The predicted octanol–water partition coefficient (Wildman–Crippen LogP) is 2.17. The van der Waals surface area contributed by atoms with Crippen molar-refractivity contribution in [3.63, 3.8) is 0 Å². The molecule has 0 bridgehead atoms. The van der Waals surface area contributed by atoms with Crippen molar-refractivity contribution in [3.8, 4) is 0 Å². The molecule has 0 aromatic carbocycles. The van der Waals surface area contributed by atoms with E-state index in [1.165, 1.54) is 16.2 Å². The zero-order chi connectivity index (χ0) is 14.0. The fraction of sp³-hybridized carbons (Fsp3) is 0.300. The van der Waals surface area contributed by atoms with Gasteiger partial charge in [0.15, 0.2) is 5.69 Å². The lowest BCUT2D eigenvalue weighted by atomic mass is 10.3. The van der Waals surface area contributed by atoms with Crippen LogP contribution in [0.1, 0.15) is 11.4 Å². The Bertz CT molecular complexity index is 555. The highest BCUT2D eigenvalue weighted by Crippen LogP contribution is 2.30. The van der Waals surface area contributed by atoms with E-state index in [1.807, 2.05) is 5.38 Å². The largest absolute Gasteiger partial charge is 0.433 e. The van der Waals surface area contributed by atoms with Gasteiger partial charge in [0.2, 0.25) is 5.95 Å². The third-order valence-electron chi connectivity index (χ3n) is 2.29. The SMILES string of the molecule is CN(Cc1cscn1)c1cc(C(F)(F)F)nc(N)n1. The molecule has 2 heterocycles. The first-order valence-corrected chi connectivity index (χ1v) is 6.10. The van der Waals surface area contributed by atoms with Crippen molar-refractivity contribution in [2.24, 2.45) is 0 Å². The van der Waals surface area contributed by atoms with Gasteiger partial charge in [-0.15, -0.1) is 11.3 Å². The van der Waals surface area contributed by atoms with Crippen LogP contribution in [0.15, 0.2) is 17.0 Å². The first-order valence-electron chi connectivity index (χ1n) is 5.16. The number of nitrogen functional groups attached to an aromatic ring is 1. The van der Waals surface area contributed by atoms with Gasteiger partial charge >= 0.3 is 6.18 Å². The summed E-state index contributed by atoms with van der Waals surface area (Å²) in [5.41, 5.74) is 6.65. The Balaban J connectivity index is 2.26. The number of nitrogens with zero attached hydrogens (tertiary/aromatic N) is 4. The summed E-state index contributed by atoms with van der Waals surface area (Å²) in [6.07, 6.45) is -4.55. The van der Waals surface area contributed by atoms with Crippen molar-refractivity contribution < 1.29 is 13.2 Å². The van der Waals surface area contributed by atoms with Crippen LogP contribution in [0.2, 0.25) is 0 Å². The molecule has 2 aromatic rings. The Hall–Kier alpha value is -1.90. The third kappa shape index (κ3) is 3.31. The molecule has 0 aliphatic carbocycles. The van der Waals surface area contributed by atoms with Crippen molar-refractivity contribution in [1.82, 2.24) is 15.0 Å². The van der Waals surface area contributed by atoms with E-state index in [4.69, 9.17) is 5.73 Å². The number of nitrogens with two attached hydrogens (primary N) is 1. The van der Waals surface area contributed by atoms with E-state index in [-0.39, 0.29) is 5.82 Å². The molecule has 0 unspecified atom stereocenters. The van der Waals surface area contributed by atoms with Crippen LogP contribution in [0, 0.1) is 0 Å². The van der Waals surface area contributed by atoms with Crippen molar-refractivity contribution in [2.75, 3.05) is 17.7 Å². The number of alkyl halides is 3. The number of halogens is 3. The zero-order valence-corrected chi connectivity index (χ0v) is 10.7. The van der Waals surface area contributed by atoms with Crippen LogP contribution in [-0.4, -0.2) is 22.0 Å². The quantitative estimate of drug-likeness (QED) is 0.938. The topological polar surface area (TPSA) is 67.9 Å². The van der Waals surface area contributed by atoms with E-state index in [2.05, 4.69) is 15.0 Å². The second kappa shape index (κ2) is 5.00. The summed E-state index contributed by atoms with van der Waals surface area (Å²) in [6, 6.07) is 0.864. The molecule has 9 heteroatoms. The molecular weight excluding hydrogens is 279 g/mol. The summed E-state index contributed by atoms with van der Waals surface area (Å²) < 4.78 is 37.8. The molecule has 0 saturated carbocycles. The summed E-state index contributed by atoms with van der Waals surface area (Å²) in [5.74, 6) is -0.303. The smallest absolute Gasteiger partial charge is 0.368 e. The second-order valence-corrected chi connectivity index (χ2v) is 4.52. The van der Waals surface area contributed by atoms with Gasteiger partial charge in [-0.1, -0.05) is 0 Å². The number of hydrogen-bond acceptors (Lipinski definition) is 6. The molecule has 0 aliphatic rings. The van der Waals surface area contributed by atoms with Crippen LogP contribution >= 0.6 is 11.3 Å². The molecule has 2 aromatic heterocycles. The number of thiazole rings is 1. The third-order valence-corrected chi connectivity index (χ3v) is 2.93. The molecular formula is C10H10F3N5S. The minimum absolute atomic E-state index is 0.104. The van der Waals surface area contributed by atoms with Gasteiger partial charge in [-0.05, 0) is 0 Å². The van der Waals surface area contributed by atoms with E-state index in [1.54, 1.807) is 12.6 Å². The summed E-state index contributed by atoms with van der Waals surface area (Å²) in [6.45, 7) is 0.344. The van der Waals surface area contributed by atoms with Gasteiger partial charge in [-0.2, -0.15) is 18.2 Å². The van der Waals surface area contributed by atoms with Gasteiger partial charge in [-0.25, -0.2) is 9.97 Å². The lowest BCUT2D eigenvalue weighted by Crippen LogP contribution is -2.20. The van der Waals surface area contributed by atoms with Crippen LogP contribution < -0.4 is 10.6 Å². The van der Waals surface area contributed by atoms with E-state index in [0.29, 0.717) is 6.54 Å². The van der Waals surface area contributed by atoms with Crippen molar-refractivity contribution >= 4 is 23.1 Å². The normalized spacial score (nSPS) is 11.6. The molecule has 2 rings (SSSR count). The number of anilines is 2. The van der Waals surface area contributed by atoms with Crippen LogP contribution in [-0.2, 0) is 12.7 Å². The van der Waals surface area contributed by atoms with Crippen molar-refractivity contribution in [3.05, 3.63) is 28.3 Å². The molecule has 5 nitrogen and oxygen atoms in total. The fourth-order valence-corrected chi connectivity index (χ4v) is 1.98. The monoisotopic (exact) mass is 289 g/mol. The highest BCUT2D eigenvalue weighted by atomic mass is 32.1. The Labute approximate surface area is 110 Å². The van der Waals surface area contributed by atoms with Crippen LogP contribution in [0.3, 0.4) is 0 Å². The average molecular weight is 289 g/mol.